The quantitative estimate of drug-likeness (QED) is 0.652. The predicted molar refractivity (Wildman–Crippen MR) is 61.5 cm³/mol. The van der Waals surface area contributed by atoms with Crippen molar-refractivity contribution in [3.8, 4) is 11.3 Å². The van der Waals surface area contributed by atoms with Crippen LogP contribution in [0.15, 0.2) is 23.2 Å². The van der Waals surface area contributed by atoms with Gasteiger partial charge in [-0.3, -0.25) is 10.1 Å². The highest BCUT2D eigenvalue weighted by Crippen LogP contribution is 2.33. The van der Waals surface area contributed by atoms with Gasteiger partial charge in [0.1, 0.15) is 6.33 Å². The highest BCUT2D eigenvalue weighted by atomic mass is 32.1. The Morgan fingerprint density at radius 3 is 2.88 bits per heavy atom. The van der Waals surface area contributed by atoms with Crippen LogP contribution in [0.5, 0.6) is 0 Å². The van der Waals surface area contributed by atoms with E-state index in [9.17, 15) is 10.1 Å². The molecule has 0 saturated heterocycles. The van der Waals surface area contributed by atoms with E-state index < -0.39 is 4.92 Å². The van der Waals surface area contributed by atoms with Gasteiger partial charge in [0, 0.05) is 18.0 Å². The molecule has 7 heteroatoms. The number of thiophene rings is 1. The zero-order valence-electron chi connectivity index (χ0n) is 8.38. The Labute approximate surface area is 95.1 Å². The maximum Gasteiger partial charge on any atom is 0.337 e. The Balaban J connectivity index is 2.65. The van der Waals surface area contributed by atoms with Crippen LogP contribution in [0.25, 0.3) is 11.3 Å². The minimum atomic E-state index is -0.473. The molecule has 0 spiro atoms. The average molecular weight is 236 g/mol. The Kier molecular flexibility index (Phi) is 2.78. The molecule has 0 aliphatic carbocycles. The van der Waals surface area contributed by atoms with Crippen molar-refractivity contribution >= 4 is 22.8 Å². The topological polar surface area (TPSA) is 81.0 Å². The number of hydrogen-bond acceptors (Lipinski definition) is 6. The number of nitro groups is 1. The first-order valence-electron chi connectivity index (χ1n) is 4.43. The lowest BCUT2D eigenvalue weighted by Gasteiger charge is -2.03. The van der Waals surface area contributed by atoms with Crippen molar-refractivity contribution in [3.63, 3.8) is 0 Å². The molecule has 2 rings (SSSR count). The van der Waals surface area contributed by atoms with Gasteiger partial charge in [-0.25, -0.2) is 9.97 Å². The third kappa shape index (κ3) is 1.72. The number of nitrogens with zero attached hydrogens (tertiary/aromatic N) is 3. The standard InChI is InChI=1S/C9H8N4O2S/c1-10-9-8(13(14)15)7(11-5-12-9)6-2-3-16-4-6/h2-5H,1H3,(H,10,11,12). The first-order chi connectivity index (χ1) is 7.74. The minimum Gasteiger partial charge on any atom is -0.367 e. The van der Waals surface area contributed by atoms with Gasteiger partial charge in [-0.15, -0.1) is 0 Å². The van der Waals surface area contributed by atoms with Crippen molar-refractivity contribution in [2.24, 2.45) is 0 Å². The second-order valence-corrected chi connectivity index (χ2v) is 3.72. The fourth-order valence-electron chi connectivity index (χ4n) is 1.35. The lowest BCUT2D eigenvalue weighted by Crippen LogP contribution is -2.02. The molecule has 0 aromatic carbocycles. The van der Waals surface area contributed by atoms with Gasteiger partial charge in [-0.1, -0.05) is 0 Å². The summed E-state index contributed by atoms with van der Waals surface area (Å²) in [6.07, 6.45) is 1.31. The lowest BCUT2D eigenvalue weighted by molar-refractivity contribution is -0.383. The van der Waals surface area contributed by atoms with Crippen molar-refractivity contribution in [2.45, 2.75) is 0 Å². The van der Waals surface area contributed by atoms with Gasteiger partial charge in [-0.2, -0.15) is 11.3 Å². The molecule has 0 unspecified atom stereocenters. The van der Waals surface area contributed by atoms with Crippen molar-refractivity contribution in [2.75, 3.05) is 12.4 Å². The molecule has 2 aromatic rings. The van der Waals surface area contributed by atoms with Crippen LogP contribution >= 0.6 is 11.3 Å². The molecule has 6 nitrogen and oxygen atoms in total. The van der Waals surface area contributed by atoms with Gasteiger partial charge in [0.2, 0.25) is 5.82 Å². The fraction of sp³-hybridized carbons (Fsp3) is 0.111. The molecule has 0 aliphatic rings. The van der Waals surface area contributed by atoms with Crippen molar-refractivity contribution in [1.29, 1.82) is 0 Å². The summed E-state index contributed by atoms with van der Waals surface area (Å²) in [4.78, 5) is 18.3. The van der Waals surface area contributed by atoms with Crippen LogP contribution < -0.4 is 5.32 Å². The van der Waals surface area contributed by atoms with E-state index in [1.54, 1.807) is 13.1 Å². The summed E-state index contributed by atoms with van der Waals surface area (Å²) in [5.74, 6) is 0.223. The summed E-state index contributed by atoms with van der Waals surface area (Å²) < 4.78 is 0. The smallest absolute Gasteiger partial charge is 0.337 e. The fourth-order valence-corrected chi connectivity index (χ4v) is 1.99. The number of hydrogen-bond donors (Lipinski definition) is 1. The van der Waals surface area contributed by atoms with Gasteiger partial charge >= 0.3 is 5.69 Å². The van der Waals surface area contributed by atoms with Crippen LogP contribution in [0.3, 0.4) is 0 Å². The highest BCUT2D eigenvalue weighted by molar-refractivity contribution is 7.08. The molecule has 0 radical (unpaired) electrons. The summed E-state index contributed by atoms with van der Waals surface area (Å²) in [5.41, 5.74) is 0.976. The molecule has 16 heavy (non-hydrogen) atoms. The molecule has 0 atom stereocenters. The third-order valence-electron chi connectivity index (χ3n) is 2.04. The van der Waals surface area contributed by atoms with Crippen LogP contribution in [0.1, 0.15) is 0 Å². The van der Waals surface area contributed by atoms with E-state index in [-0.39, 0.29) is 11.5 Å². The summed E-state index contributed by atoms with van der Waals surface area (Å²) in [7, 11) is 1.59. The van der Waals surface area contributed by atoms with E-state index >= 15 is 0 Å². The van der Waals surface area contributed by atoms with Crippen LogP contribution in [-0.2, 0) is 0 Å². The Morgan fingerprint density at radius 1 is 1.50 bits per heavy atom. The first-order valence-corrected chi connectivity index (χ1v) is 5.38. The highest BCUT2D eigenvalue weighted by Gasteiger charge is 2.23. The third-order valence-corrected chi connectivity index (χ3v) is 2.72. The van der Waals surface area contributed by atoms with Gasteiger partial charge in [0.15, 0.2) is 5.69 Å². The molecule has 1 N–H and O–H groups in total. The average Bonchev–Trinajstić information content (AvgIpc) is 2.81. The Morgan fingerprint density at radius 2 is 2.31 bits per heavy atom. The summed E-state index contributed by atoms with van der Waals surface area (Å²) in [6, 6.07) is 1.79. The molecule has 0 aliphatic heterocycles. The van der Waals surface area contributed by atoms with E-state index in [0.717, 1.165) is 5.56 Å². The summed E-state index contributed by atoms with van der Waals surface area (Å²) in [5, 5.41) is 17.3. The SMILES string of the molecule is CNc1ncnc(-c2ccsc2)c1[N+](=O)[O-]. The number of nitrogens with one attached hydrogen (secondary N) is 1. The predicted octanol–water partition coefficient (Wildman–Crippen LogP) is 2.16. The Bertz CT molecular complexity index is 512. The summed E-state index contributed by atoms with van der Waals surface area (Å²) >= 11 is 1.46. The Hall–Kier alpha value is -2.02. The van der Waals surface area contributed by atoms with Gasteiger partial charge in [-0.05, 0) is 11.4 Å². The molecular formula is C9H8N4O2S. The van der Waals surface area contributed by atoms with Gasteiger partial charge < -0.3 is 5.32 Å². The molecule has 82 valence electrons. The van der Waals surface area contributed by atoms with Crippen molar-refractivity contribution in [3.05, 3.63) is 33.3 Å². The molecule has 2 aromatic heterocycles. The molecular weight excluding hydrogens is 228 g/mol. The van der Waals surface area contributed by atoms with E-state index in [0.29, 0.717) is 5.69 Å². The zero-order chi connectivity index (χ0) is 11.5. The lowest BCUT2D eigenvalue weighted by atomic mass is 10.2. The number of rotatable bonds is 3. The van der Waals surface area contributed by atoms with Crippen molar-refractivity contribution in [1.82, 2.24) is 9.97 Å². The van der Waals surface area contributed by atoms with E-state index in [4.69, 9.17) is 0 Å². The van der Waals surface area contributed by atoms with E-state index in [1.807, 2.05) is 10.8 Å². The monoisotopic (exact) mass is 236 g/mol. The second kappa shape index (κ2) is 4.23. The maximum absolute atomic E-state index is 11.0. The van der Waals surface area contributed by atoms with Gasteiger partial charge in [0.05, 0.1) is 4.92 Å². The van der Waals surface area contributed by atoms with E-state index in [1.165, 1.54) is 17.7 Å². The number of aromatic nitrogens is 2. The zero-order valence-corrected chi connectivity index (χ0v) is 9.19. The largest absolute Gasteiger partial charge is 0.367 e. The van der Waals surface area contributed by atoms with Gasteiger partial charge in [0.25, 0.3) is 0 Å². The molecule has 0 bridgehead atoms. The molecule has 2 heterocycles. The summed E-state index contributed by atoms with van der Waals surface area (Å²) in [6.45, 7) is 0. The normalized spacial score (nSPS) is 10.1. The molecule has 0 amide bonds. The first kappa shape index (κ1) is 10.5. The van der Waals surface area contributed by atoms with Crippen LogP contribution in [-0.4, -0.2) is 21.9 Å². The van der Waals surface area contributed by atoms with Crippen LogP contribution in [0.4, 0.5) is 11.5 Å². The molecule has 0 fully saturated rings. The van der Waals surface area contributed by atoms with Crippen LogP contribution in [0.2, 0.25) is 0 Å². The second-order valence-electron chi connectivity index (χ2n) is 2.94. The number of anilines is 1. The van der Waals surface area contributed by atoms with Crippen LogP contribution in [0, 0.1) is 10.1 Å². The molecule has 0 saturated carbocycles. The maximum atomic E-state index is 11.0. The van der Waals surface area contributed by atoms with Crippen molar-refractivity contribution < 1.29 is 4.92 Å². The minimum absolute atomic E-state index is 0.0941. The van der Waals surface area contributed by atoms with E-state index in [2.05, 4.69) is 15.3 Å².